The maximum absolute atomic E-state index is 12.2. The normalized spacial score (nSPS) is 29.9. The van der Waals surface area contributed by atoms with Gasteiger partial charge in [-0.1, -0.05) is 34.6 Å². The zero-order valence-corrected chi connectivity index (χ0v) is 13.3. The van der Waals surface area contributed by atoms with Gasteiger partial charge in [0.1, 0.15) is 0 Å². The van der Waals surface area contributed by atoms with Crippen molar-refractivity contribution in [2.24, 2.45) is 17.3 Å². The van der Waals surface area contributed by atoms with Crippen LogP contribution in [0.2, 0.25) is 0 Å². The number of carbonyl (C=O) groups is 1. The van der Waals surface area contributed by atoms with Gasteiger partial charge in [-0.05, 0) is 42.9 Å². The van der Waals surface area contributed by atoms with Crippen LogP contribution in [0.15, 0.2) is 0 Å². The van der Waals surface area contributed by atoms with Crippen LogP contribution in [0.4, 0.5) is 0 Å². The highest BCUT2D eigenvalue weighted by Gasteiger charge is 2.35. The van der Waals surface area contributed by atoms with Crippen LogP contribution >= 0.6 is 0 Å². The molecule has 1 atom stereocenters. The molecule has 1 aliphatic carbocycles. The Hall–Kier alpha value is -0.570. The Morgan fingerprint density at radius 3 is 2.32 bits per heavy atom. The predicted molar refractivity (Wildman–Crippen MR) is 78.8 cm³/mol. The van der Waals surface area contributed by atoms with Crippen molar-refractivity contribution in [2.75, 3.05) is 6.61 Å². The van der Waals surface area contributed by atoms with Crippen molar-refractivity contribution < 1.29 is 9.90 Å². The van der Waals surface area contributed by atoms with Crippen LogP contribution in [0.5, 0.6) is 0 Å². The second-order valence-electron chi connectivity index (χ2n) is 7.64. The first-order valence-electron chi connectivity index (χ1n) is 7.60. The third-order valence-electron chi connectivity index (χ3n) is 4.91. The van der Waals surface area contributed by atoms with Crippen molar-refractivity contribution in [2.45, 2.75) is 72.3 Å². The van der Waals surface area contributed by atoms with Gasteiger partial charge in [-0.15, -0.1) is 0 Å². The maximum Gasteiger partial charge on any atom is 0.220 e. The van der Waals surface area contributed by atoms with E-state index in [1.807, 2.05) is 0 Å². The van der Waals surface area contributed by atoms with Gasteiger partial charge < -0.3 is 10.4 Å². The molecule has 0 spiro atoms. The molecule has 1 aliphatic rings. The molecule has 1 fully saturated rings. The molecule has 0 bridgehead atoms. The van der Waals surface area contributed by atoms with E-state index in [1.165, 1.54) is 0 Å². The summed E-state index contributed by atoms with van der Waals surface area (Å²) in [6, 6.07) is 0. The highest BCUT2D eigenvalue weighted by Crippen LogP contribution is 2.32. The Morgan fingerprint density at radius 2 is 1.89 bits per heavy atom. The topological polar surface area (TPSA) is 49.3 Å². The molecule has 0 aliphatic heterocycles. The highest BCUT2D eigenvalue weighted by molar-refractivity contribution is 5.77. The SMILES string of the molecule is CC1CCC(CO)(NC(=O)CC(C)C(C)(C)C)CC1. The number of hydrogen-bond donors (Lipinski definition) is 2. The first-order chi connectivity index (χ1) is 8.68. The van der Waals surface area contributed by atoms with Gasteiger partial charge in [-0.25, -0.2) is 0 Å². The largest absolute Gasteiger partial charge is 0.394 e. The van der Waals surface area contributed by atoms with E-state index in [2.05, 4.69) is 39.9 Å². The highest BCUT2D eigenvalue weighted by atomic mass is 16.3. The molecule has 3 heteroatoms. The lowest BCUT2D eigenvalue weighted by atomic mass is 9.76. The van der Waals surface area contributed by atoms with Crippen LogP contribution in [0.25, 0.3) is 0 Å². The molecule has 1 saturated carbocycles. The second-order valence-corrected chi connectivity index (χ2v) is 7.64. The lowest BCUT2D eigenvalue weighted by molar-refractivity contribution is -0.126. The molecule has 0 aromatic heterocycles. The molecule has 0 aromatic carbocycles. The quantitative estimate of drug-likeness (QED) is 0.824. The van der Waals surface area contributed by atoms with Gasteiger partial charge in [0.15, 0.2) is 0 Å². The summed E-state index contributed by atoms with van der Waals surface area (Å²) >= 11 is 0. The Labute approximate surface area is 118 Å². The standard InChI is InChI=1S/C16H31NO2/c1-12-6-8-16(11-18,9-7-12)17-14(19)10-13(2)15(3,4)5/h12-13,18H,6-11H2,1-5H3,(H,17,19). The third-order valence-corrected chi connectivity index (χ3v) is 4.91. The summed E-state index contributed by atoms with van der Waals surface area (Å²) in [6.45, 7) is 10.9. The smallest absolute Gasteiger partial charge is 0.220 e. The summed E-state index contributed by atoms with van der Waals surface area (Å²) in [5.41, 5.74) is -0.216. The van der Waals surface area contributed by atoms with E-state index in [0.29, 0.717) is 18.3 Å². The van der Waals surface area contributed by atoms with Gasteiger partial charge in [-0.2, -0.15) is 0 Å². The fourth-order valence-corrected chi connectivity index (χ4v) is 2.57. The zero-order valence-electron chi connectivity index (χ0n) is 13.3. The fraction of sp³-hybridized carbons (Fsp3) is 0.938. The van der Waals surface area contributed by atoms with Gasteiger partial charge in [0.25, 0.3) is 0 Å². The van der Waals surface area contributed by atoms with Crippen LogP contribution in [0.3, 0.4) is 0 Å². The molecule has 1 amide bonds. The van der Waals surface area contributed by atoms with Crippen LogP contribution in [-0.2, 0) is 4.79 Å². The van der Waals surface area contributed by atoms with E-state index in [4.69, 9.17) is 0 Å². The van der Waals surface area contributed by atoms with E-state index in [-0.39, 0.29) is 23.5 Å². The lowest BCUT2D eigenvalue weighted by Crippen LogP contribution is -2.53. The second kappa shape index (κ2) is 6.25. The first kappa shape index (κ1) is 16.5. The molecule has 1 unspecified atom stereocenters. The molecule has 0 heterocycles. The first-order valence-corrected chi connectivity index (χ1v) is 7.60. The minimum Gasteiger partial charge on any atom is -0.394 e. The van der Waals surface area contributed by atoms with Crippen LogP contribution in [0.1, 0.15) is 66.7 Å². The van der Waals surface area contributed by atoms with Crippen molar-refractivity contribution in [3.63, 3.8) is 0 Å². The van der Waals surface area contributed by atoms with E-state index < -0.39 is 0 Å². The van der Waals surface area contributed by atoms with Crippen LogP contribution < -0.4 is 5.32 Å². The van der Waals surface area contributed by atoms with Crippen LogP contribution in [-0.4, -0.2) is 23.2 Å². The third kappa shape index (κ3) is 4.79. The minimum atomic E-state index is -0.360. The number of amides is 1. The summed E-state index contributed by atoms with van der Waals surface area (Å²) < 4.78 is 0. The fourth-order valence-electron chi connectivity index (χ4n) is 2.57. The van der Waals surface area contributed by atoms with E-state index in [0.717, 1.165) is 25.7 Å². The molecular formula is C16H31NO2. The Morgan fingerprint density at radius 1 is 1.37 bits per heavy atom. The molecule has 112 valence electrons. The van der Waals surface area contributed by atoms with E-state index in [9.17, 15) is 9.90 Å². The van der Waals surface area contributed by atoms with Crippen molar-refractivity contribution in [1.29, 1.82) is 0 Å². The molecule has 0 saturated heterocycles. The Balaban J connectivity index is 2.54. The number of rotatable bonds is 4. The molecular weight excluding hydrogens is 238 g/mol. The summed E-state index contributed by atoms with van der Waals surface area (Å²) in [6.07, 6.45) is 4.53. The number of carbonyl (C=O) groups excluding carboxylic acids is 1. The monoisotopic (exact) mass is 269 g/mol. The molecule has 1 rings (SSSR count). The van der Waals surface area contributed by atoms with Crippen molar-refractivity contribution >= 4 is 5.91 Å². The maximum atomic E-state index is 12.2. The average molecular weight is 269 g/mol. The minimum absolute atomic E-state index is 0.0648. The molecule has 0 aromatic rings. The Kier molecular flexibility index (Phi) is 5.43. The number of aliphatic hydroxyl groups is 1. The zero-order chi connectivity index (χ0) is 14.7. The molecule has 19 heavy (non-hydrogen) atoms. The molecule has 3 nitrogen and oxygen atoms in total. The molecule has 2 N–H and O–H groups in total. The van der Waals surface area contributed by atoms with Crippen molar-refractivity contribution in [3.8, 4) is 0 Å². The number of aliphatic hydroxyl groups excluding tert-OH is 1. The summed E-state index contributed by atoms with van der Waals surface area (Å²) in [5, 5.41) is 12.8. The van der Waals surface area contributed by atoms with Crippen molar-refractivity contribution in [3.05, 3.63) is 0 Å². The van der Waals surface area contributed by atoms with E-state index >= 15 is 0 Å². The molecule has 0 radical (unpaired) electrons. The van der Waals surface area contributed by atoms with Gasteiger partial charge in [0.2, 0.25) is 5.91 Å². The number of nitrogens with one attached hydrogen (secondary N) is 1. The average Bonchev–Trinajstić information content (AvgIpc) is 2.31. The van der Waals surface area contributed by atoms with Crippen molar-refractivity contribution in [1.82, 2.24) is 5.32 Å². The van der Waals surface area contributed by atoms with Gasteiger partial charge >= 0.3 is 0 Å². The Bertz CT molecular complexity index is 298. The van der Waals surface area contributed by atoms with Gasteiger partial charge in [-0.3, -0.25) is 4.79 Å². The lowest BCUT2D eigenvalue weighted by Gasteiger charge is -2.39. The summed E-state index contributed by atoms with van der Waals surface area (Å²) in [4.78, 5) is 12.2. The summed E-state index contributed by atoms with van der Waals surface area (Å²) in [5.74, 6) is 1.14. The van der Waals surface area contributed by atoms with Gasteiger partial charge in [0.05, 0.1) is 12.1 Å². The van der Waals surface area contributed by atoms with E-state index in [1.54, 1.807) is 0 Å². The van der Waals surface area contributed by atoms with Crippen LogP contribution in [0, 0.1) is 17.3 Å². The predicted octanol–water partition coefficient (Wildman–Crippen LogP) is 3.12. The number of hydrogen-bond acceptors (Lipinski definition) is 2. The summed E-state index contributed by atoms with van der Waals surface area (Å²) in [7, 11) is 0. The van der Waals surface area contributed by atoms with Gasteiger partial charge in [0, 0.05) is 6.42 Å².